The number of rotatable bonds is 8. The third-order valence-electron chi connectivity index (χ3n) is 5.34. The van der Waals surface area contributed by atoms with E-state index in [-0.39, 0.29) is 18.2 Å². The predicted octanol–water partition coefficient (Wildman–Crippen LogP) is 5.10. The van der Waals surface area contributed by atoms with Crippen LogP contribution in [0.5, 0.6) is 0 Å². The number of ether oxygens (including phenoxy) is 1. The van der Waals surface area contributed by atoms with E-state index in [9.17, 15) is 14.4 Å². The van der Waals surface area contributed by atoms with Gasteiger partial charge in [0.15, 0.2) is 11.9 Å². The summed E-state index contributed by atoms with van der Waals surface area (Å²) in [6.45, 7) is 1.99. The minimum atomic E-state index is -1.14. The van der Waals surface area contributed by atoms with Crippen molar-refractivity contribution in [2.24, 2.45) is 0 Å². The van der Waals surface area contributed by atoms with Crippen LogP contribution in [0.1, 0.15) is 61.5 Å². The molecule has 0 fully saturated rings. The molecule has 33 heavy (non-hydrogen) atoms. The third-order valence-corrected chi connectivity index (χ3v) is 6.81. The molecule has 2 heterocycles. The Hall–Kier alpha value is -3.10. The minimum absolute atomic E-state index is 0.0711. The van der Waals surface area contributed by atoms with Gasteiger partial charge in [-0.3, -0.25) is 9.59 Å². The summed E-state index contributed by atoms with van der Waals surface area (Å²) in [7, 11) is 0. The second kappa shape index (κ2) is 10.2. The fraction of sp³-hybridized carbons (Fsp3) is 0.292. The number of furan rings is 1. The van der Waals surface area contributed by atoms with E-state index in [2.05, 4.69) is 10.6 Å². The maximum atomic E-state index is 13.4. The van der Waals surface area contributed by atoms with E-state index >= 15 is 0 Å². The molecule has 1 amide bonds. The lowest BCUT2D eigenvalue weighted by molar-refractivity contribution is 0.0526. The molecule has 2 aromatic heterocycles. The molecule has 0 spiro atoms. The molecule has 172 valence electrons. The van der Waals surface area contributed by atoms with Crippen molar-refractivity contribution >= 4 is 45.6 Å². The topological polar surface area (TPSA) is 97.6 Å². The fourth-order valence-electron chi connectivity index (χ4n) is 3.78. The number of benzene rings is 1. The normalized spacial score (nSPS) is 13.6. The molecule has 0 radical (unpaired) electrons. The molecule has 9 heteroatoms. The highest BCUT2D eigenvalue weighted by Gasteiger charge is 2.30. The highest BCUT2D eigenvalue weighted by molar-refractivity contribution is 7.16. The number of carbonyl (C=O) groups is 3. The van der Waals surface area contributed by atoms with E-state index in [1.165, 1.54) is 23.7 Å². The summed E-state index contributed by atoms with van der Waals surface area (Å²) in [6.07, 6.45) is 3.90. The van der Waals surface area contributed by atoms with E-state index in [4.69, 9.17) is 20.8 Å². The van der Waals surface area contributed by atoms with Gasteiger partial charge in [-0.15, -0.1) is 11.3 Å². The molecule has 0 saturated heterocycles. The first-order chi connectivity index (χ1) is 16.0. The van der Waals surface area contributed by atoms with Crippen molar-refractivity contribution in [3.8, 4) is 0 Å². The number of anilines is 1. The average Bonchev–Trinajstić information content (AvgIpc) is 3.47. The molecule has 0 unspecified atom stereocenters. The van der Waals surface area contributed by atoms with Gasteiger partial charge >= 0.3 is 5.97 Å². The Bertz CT molecular complexity index is 1150. The number of carbonyl (C=O) groups excluding carboxylic acids is 3. The second-order valence-corrected chi connectivity index (χ2v) is 9.08. The maximum absolute atomic E-state index is 13.4. The largest absolute Gasteiger partial charge is 0.462 e. The van der Waals surface area contributed by atoms with Crippen LogP contribution < -0.4 is 10.6 Å². The van der Waals surface area contributed by atoms with Crippen molar-refractivity contribution in [2.75, 3.05) is 11.9 Å². The van der Waals surface area contributed by atoms with Gasteiger partial charge in [0.25, 0.3) is 5.91 Å². The first-order valence-corrected chi connectivity index (χ1v) is 11.9. The van der Waals surface area contributed by atoms with Gasteiger partial charge < -0.3 is 19.8 Å². The van der Waals surface area contributed by atoms with Crippen LogP contribution in [0.2, 0.25) is 5.02 Å². The van der Waals surface area contributed by atoms with Gasteiger partial charge in [0.2, 0.25) is 5.78 Å². The van der Waals surface area contributed by atoms with Gasteiger partial charge in [-0.05, 0) is 74.6 Å². The van der Waals surface area contributed by atoms with E-state index in [1.807, 2.05) is 0 Å². The van der Waals surface area contributed by atoms with Crippen LogP contribution >= 0.6 is 22.9 Å². The number of hydrogen-bond donors (Lipinski definition) is 2. The highest BCUT2D eigenvalue weighted by atomic mass is 35.5. The molecule has 2 N–H and O–H groups in total. The Morgan fingerprint density at radius 2 is 1.91 bits per heavy atom. The van der Waals surface area contributed by atoms with Gasteiger partial charge in [-0.1, -0.05) is 11.6 Å². The Morgan fingerprint density at radius 1 is 1.15 bits per heavy atom. The molecule has 7 nitrogen and oxygen atoms in total. The van der Waals surface area contributed by atoms with Crippen LogP contribution in [-0.2, 0) is 17.6 Å². The Labute approximate surface area is 200 Å². The summed E-state index contributed by atoms with van der Waals surface area (Å²) >= 11 is 7.39. The number of esters is 1. The minimum Gasteiger partial charge on any atom is -0.462 e. The van der Waals surface area contributed by atoms with Gasteiger partial charge in [0, 0.05) is 15.5 Å². The van der Waals surface area contributed by atoms with Gasteiger partial charge in [0.05, 0.1) is 18.4 Å². The van der Waals surface area contributed by atoms with Gasteiger partial charge in [-0.2, -0.15) is 0 Å². The standard InChI is InChI=1S/C24H23ClN2O5S/c1-2-31-24(30)19-16-6-3-4-8-18(16)33-23(19)27-21(26-22(29)17-7-5-13-32-17)20(28)14-9-11-15(25)12-10-14/h5,7,9-13,21,27H,2-4,6,8H2,1H3,(H,26,29)/t21-/m1/s1. The van der Waals surface area contributed by atoms with Crippen molar-refractivity contribution in [3.63, 3.8) is 0 Å². The summed E-state index contributed by atoms with van der Waals surface area (Å²) in [5.74, 6) is -1.30. The number of halogens is 1. The number of nitrogens with one attached hydrogen (secondary N) is 2. The Balaban J connectivity index is 1.69. The SMILES string of the molecule is CCOC(=O)c1c(N[C@@H](NC(=O)c2ccco2)C(=O)c2ccc(Cl)cc2)sc2c1CCCC2. The predicted molar refractivity (Wildman–Crippen MR) is 126 cm³/mol. The number of hydrogen-bond acceptors (Lipinski definition) is 7. The number of ketones is 1. The molecule has 4 rings (SSSR count). The lowest BCUT2D eigenvalue weighted by atomic mass is 9.95. The molecule has 0 aliphatic heterocycles. The third kappa shape index (κ3) is 5.12. The monoisotopic (exact) mass is 486 g/mol. The van der Waals surface area contributed by atoms with Crippen molar-refractivity contribution in [2.45, 2.75) is 38.8 Å². The zero-order valence-corrected chi connectivity index (χ0v) is 19.6. The number of aryl methyl sites for hydroxylation is 1. The lowest BCUT2D eigenvalue weighted by Crippen LogP contribution is -2.46. The van der Waals surface area contributed by atoms with Crippen LogP contribution in [0.4, 0.5) is 5.00 Å². The first kappa shape index (κ1) is 23.1. The quantitative estimate of drug-likeness (QED) is 0.261. The Kier molecular flexibility index (Phi) is 7.15. The molecule has 1 aromatic carbocycles. The van der Waals surface area contributed by atoms with Crippen LogP contribution in [0.3, 0.4) is 0 Å². The van der Waals surface area contributed by atoms with E-state index in [0.717, 1.165) is 36.1 Å². The van der Waals surface area contributed by atoms with E-state index < -0.39 is 18.0 Å². The average molecular weight is 487 g/mol. The van der Waals surface area contributed by atoms with Crippen molar-refractivity contribution < 1.29 is 23.5 Å². The molecule has 0 saturated carbocycles. The zero-order chi connectivity index (χ0) is 23.4. The van der Waals surface area contributed by atoms with Crippen molar-refractivity contribution in [1.82, 2.24) is 5.32 Å². The fourth-order valence-corrected chi connectivity index (χ4v) is 5.21. The summed E-state index contributed by atoms with van der Waals surface area (Å²) in [4.78, 5) is 40.0. The molecule has 0 bridgehead atoms. The van der Waals surface area contributed by atoms with Crippen LogP contribution in [0.25, 0.3) is 0 Å². The smallest absolute Gasteiger partial charge is 0.341 e. The summed E-state index contributed by atoms with van der Waals surface area (Å²) < 4.78 is 10.5. The van der Waals surface area contributed by atoms with Crippen molar-refractivity contribution in [3.05, 3.63) is 75.0 Å². The summed E-state index contributed by atoms with van der Waals surface area (Å²) in [5, 5.41) is 6.80. The highest BCUT2D eigenvalue weighted by Crippen LogP contribution is 2.39. The summed E-state index contributed by atoms with van der Waals surface area (Å²) in [5.41, 5.74) is 1.76. The second-order valence-electron chi connectivity index (χ2n) is 7.53. The van der Waals surface area contributed by atoms with E-state index in [0.29, 0.717) is 21.2 Å². The Morgan fingerprint density at radius 3 is 2.61 bits per heavy atom. The van der Waals surface area contributed by atoms with Crippen LogP contribution in [0.15, 0.2) is 47.1 Å². The number of Topliss-reactive ketones (excluding diaryl/α,β-unsaturated/α-hetero) is 1. The van der Waals surface area contributed by atoms with Crippen LogP contribution in [-0.4, -0.2) is 30.4 Å². The number of thiophene rings is 1. The zero-order valence-electron chi connectivity index (χ0n) is 18.0. The first-order valence-electron chi connectivity index (χ1n) is 10.7. The molecule has 1 atom stereocenters. The molecule has 1 aliphatic carbocycles. The number of amides is 1. The van der Waals surface area contributed by atoms with Crippen molar-refractivity contribution in [1.29, 1.82) is 0 Å². The molecule has 1 aliphatic rings. The number of fused-ring (bicyclic) bond motifs is 1. The van der Waals surface area contributed by atoms with Crippen LogP contribution in [0, 0.1) is 0 Å². The molecular formula is C24H23ClN2O5S. The summed E-state index contributed by atoms with van der Waals surface area (Å²) in [6, 6.07) is 9.48. The van der Waals surface area contributed by atoms with Gasteiger partial charge in [-0.25, -0.2) is 4.79 Å². The van der Waals surface area contributed by atoms with E-state index in [1.54, 1.807) is 37.3 Å². The van der Waals surface area contributed by atoms with Gasteiger partial charge in [0.1, 0.15) is 5.00 Å². The molecular weight excluding hydrogens is 464 g/mol. The lowest BCUT2D eigenvalue weighted by Gasteiger charge is -2.20. The maximum Gasteiger partial charge on any atom is 0.341 e. The molecule has 3 aromatic rings.